The number of likely N-dealkylation sites (N-methyl/N-ethyl adjacent to an activating group) is 1. The van der Waals surface area contributed by atoms with Crippen molar-refractivity contribution in [3.8, 4) is 23.0 Å². The molecule has 2 heterocycles. The summed E-state index contributed by atoms with van der Waals surface area (Å²) in [6, 6.07) is 19.4. The van der Waals surface area contributed by atoms with Gasteiger partial charge in [-0.25, -0.2) is 4.68 Å². The Balaban J connectivity index is 1.74. The maximum Gasteiger partial charge on any atom is 0.274 e. The third-order valence-electron chi connectivity index (χ3n) is 5.43. The van der Waals surface area contributed by atoms with Gasteiger partial charge < -0.3 is 10.2 Å². The van der Waals surface area contributed by atoms with Crippen LogP contribution in [-0.4, -0.2) is 46.8 Å². The lowest BCUT2D eigenvalue weighted by Crippen LogP contribution is -2.47. The highest BCUT2D eigenvalue weighted by Crippen LogP contribution is 2.26. The second-order valence-corrected chi connectivity index (χ2v) is 8.29. The molecular formula is C23H22BrN5O. The Labute approximate surface area is 184 Å². The number of aromatic nitrogens is 2. The fourth-order valence-corrected chi connectivity index (χ4v) is 4.01. The van der Waals surface area contributed by atoms with Gasteiger partial charge in [0.05, 0.1) is 23.0 Å². The second kappa shape index (κ2) is 8.82. The summed E-state index contributed by atoms with van der Waals surface area (Å²) in [7, 11) is 1.93. The fraction of sp³-hybridized carbons (Fsp3) is 0.261. The molecular weight excluding hydrogens is 442 g/mol. The molecule has 1 N–H and O–H groups in total. The van der Waals surface area contributed by atoms with Crippen molar-refractivity contribution in [3.63, 3.8) is 0 Å². The van der Waals surface area contributed by atoms with Gasteiger partial charge in [-0.1, -0.05) is 28.1 Å². The van der Waals surface area contributed by atoms with E-state index >= 15 is 0 Å². The summed E-state index contributed by atoms with van der Waals surface area (Å²) in [4.78, 5) is 15.1. The number of hydrogen-bond donors (Lipinski definition) is 1. The maximum absolute atomic E-state index is 13.2. The highest BCUT2D eigenvalue weighted by atomic mass is 79.9. The monoisotopic (exact) mass is 463 g/mol. The Morgan fingerprint density at radius 2 is 1.93 bits per heavy atom. The van der Waals surface area contributed by atoms with Crippen molar-refractivity contribution in [1.82, 2.24) is 20.0 Å². The smallest absolute Gasteiger partial charge is 0.274 e. The van der Waals surface area contributed by atoms with Gasteiger partial charge >= 0.3 is 0 Å². The Hall–Kier alpha value is -2.95. The van der Waals surface area contributed by atoms with E-state index in [1.165, 1.54) is 0 Å². The number of halogens is 1. The molecule has 0 bridgehead atoms. The number of nitrogens with one attached hydrogen (secondary N) is 1. The number of carbonyl (C=O) groups is 1. The molecule has 1 amide bonds. The molecule has 0 radical (unpaired) electrons. The first-order valence-corrected chi connectivity index (χ1v) is 10.7. The molecule has 1 atom stereocenters. The molecule has 0 aliphatic carbocycles. The lowest BCUT2D eigenvalue weighted by atomic mass is 10.1. The average molecular weight is 464 g/mol. The van der Waals surface area contributed by atoms with E-state index in [1.807, 2.05) is 54.4 Å². The molecule has 2 aromatic carbocycles. The van der Waals surface area contributed by atoms with E-state index in [2.05, 4.69) is 32.4 Å². The second-order valence-electron chi connectivity index (χ2n) is 7.37. The number of carbonyl (C=O) groups excluding carboxylic acids is 1. The van der Waals surface area contributed by atoms with Crippen LogP contribution in [0.4, 0.5) is 0 Å². The third kappa shape index (κ3) is 4.16. The summed E-state index contributed by atoms with van der Waals surface area (Å²) in [5, 5.41) is 17.0. The molecule has 4 rings (SSSR count). The number of hydrogen-bond acceptors (Lipinski definition) is 4. The Bertz CT molecular complexity index is 1080. The maximum atomic E-state index is 13.2. The number of piperidine rings is 1. The predicted octanol–water partition coefficient (Wildman–Crippen LogP) is 4.00. The van der Waals surface area contributed by atoms with E-state index in [1.54, 1.807) is 16.8 Å². The zero-order valence-corrected chi connectivity index (χ0v) is 18.3. The van der Waals surface area contributed by atoms with E-state index in [0.29, 0.717) is 23.8 Å². The van der Waals surface area contributed by atoms with E-state index in [4.69, 9.17) is 5.26 Å². The summed E-state index contributed by atoms with van der Waals surface area (Å²) in [5.41, 5.74) is 3.59. The molecule has 152 valence electrons. The largest absolute Gasteiger partial charge is 0.336 e. The highest BCUT2D eigenvalue weighted by molar-refractivity contribution is 9.10. The molecule has 1 aliphatic rings. The predicted molar refractivity (Wildman–Crippen MR) is 119 cm³/mol. The lowest BCUT2D eigenvalue weighted by Gasteiger charge is -2.32. The minimum Gasteiger partial charge on any atom is -0.336 e. The van der Waals surface area contributed by atoms with Gasteiger partial charge in [-0.2, -0.15) is 10.4 Å². The lowest BCUT2D eigenvalue weighted by molar-refractivity contribution is 0.0691. The summed E-state index contributed by atoms with van der Waals surface area (Å²) >= 11 is 3.46. The van der Waals surface area contributed by atoms with Gasteiger partial charge in [0.15, 0.2) is 5.69 Å². The van der Waals surface area contributed by atoms with Crippen molar-refractivity contribution in [3.05, 3.63) is 70.3 Å². The van der Waals surface area contributed by atoms with Gasteiger partial charge in [0, 0.05) is 29.2 Å². The van der Waals surface area contributed by atoms with E-state index in [9.17, 15) is 4.79 Å². The van der Waals surface area contributed by atoms with Crippen LogP contribution in [0.5, 0.6) is 0 Å². The Morgan fingerprint density at radius 3 is 2.60 bits per heavy atom. The molecule has 1 unspecified atom stereocenters. The minimum atomic E-state index is -0.0549. The first kappa shape index (κ1) is 20.3. The van der Waals surface area contributed by atoms with Crippen LogP contribution >= 0.6 is 15.9 Å². The minimum absolute atomic E-state index is 0.0549. The van der Waals surface area contributed by atoms with Crippen molar-refractivity contribution < 1.29 is 4.79 Å². The summed E-state index contributed by atoms with van der Waals surface area (Å²) in [6.07, 6.45) is 2.05. The van der Waals surface area contributed by atoms with Gasteiger partial charge in [0.2, 0.25) is 0 Å². The first-order valence-electron chi connectivity index (χ1n) is 9.92. The standard InChI is InChI=1S/C23H22BrN5O/c1-26-19-3-2-12-28(15-19)23(30)21-13-22(17-6-4-16(14-25)5-7-17)29(27-21)20-10-8-18(24)9-11-20/h4-11,13,19,26H,2-3,12,15H2,1H3. The van der Waals surface area contributed by atoms with Crippen LogP contribution in [0.25, 0.3) is 16.9 Å². The van der Waals surface area contributed by atoms with E-state index in [-0.39, 0.29) is 5.91 Å². The molecule has 30 heavy (non-hydrogen) atoms. The molecule has 1 aliphatic heterocycles. The van der Waals surface area contributed by atoms with Crippen LogP contribution < -0.4 is 5.32 Å². The van der Waals surface area contributed by atoms with Crippen molar-refractivity contribution in [2.75, 3.05) is 20.1 Å². The number of amides is 1. The molecule has 0 spiro atoms. The van der Waals surface area contributed by atoms with E-state index < -0.39 is 0 Å². The Kier molecular flexibility index (Phi) is 5.98. The highest BCUT2D eigenvalue weighted by Gasteiger charge is 2.26. The van der Waals surface area contributed by atoms with Crippen LogP contribution in [0, 0.1) is 11.3 Å². The van der Waals surface area contributed by atoms with Crippen molar-refractivity contribution >= 4 is 21.8 Å². The Morgan fingerprint density at radius 1 is 1.20 bits per heavy atom. The first-order chi connectivity index (χ1) is 14.6. The SMILES string of the molecule is CNC1CCCN(C(=O)c2cc(-c3ccc(C#N)cc3)n(-c3ccc(Br)cc3)n2)C1. The molecule has 1 fully saturated rings. The van der Waals surface area contributed by atoms with Crippen LogP contribution in [0.1, 0.15) is 28.9 Å². The van der Waals surface area contributed by atoms with Crippen LogP contribution in [-0.2, 0) is 0 Å². The number of rotatable bonds is 4. The summed E-state index contributed by atoms with van der Waals surface area (Å²) in [5.74, 6) is -0.0549. The number of likely N-dealkylation sites (tertiary alicyclic amines) is 1. The summed E-state index contributed by atoms with van der Waals surface area (Å²) in [6.45, 7) is 1.43. The topological polar surface area (TPSA) is 74.0 Å². The van der Waals surface area contributed by atoms with Crippen LogP contribution in [0.15, 0.2) is 59.1 Å². The number of nitrogens with zero attached hydrogens (tertiary/aromatic N) is 4. The van der Waals surface area contributed by atoms with Gasteiger partial charge in [-0.15, -0.1) is 0 Å². The number of nitriles is 1. The zero-order chi connectivity index (χ0) is 21.1. The molecule has 3 aromatic rings. The fourth-order valence-electron chi connectivity index (χ4n) is 3.75. The molecule has 1 aromatic heterocycles. The van der Waals surface area contributed by atoms with Crippen molar-refractivity contribution in [1.29, 1.82) is 5.26 Å². The molecule has 6 nitrogen and oxygen atoms in total. The van der Waals surface area contributed by atoms with Crippen molar-refractivity contribution in [2.24, 2.45) is 0 Å². The number of benzene rings is 2. The van der Waals surface area contributed by atoms with Gasteiger partial charge in [0.25, 0.3) is 5.91 Å². The van der Waals surface area contributed by atoms with Gasteiger partial charge in [-0.05, 0) is 62.4 Å². The van der Waals surface area contributed by atoms with Gasteiger partial charge in [-0.3, -0.25) is 4.79 Å². The molecule has 0 saturated carbocycles. The molecule has 7 heteroatoms. The van der Waals surface area contributed by atoms with Crippen molar-refractivity contribution in [2.45, 2.75) is 18.9 Å². The third-order valence-corrected chi connectivity index (χ3v) is 5.95. The van der Waals surface area contributed by atoms with Crippen LogP contribution in [0.3, 0.4) is 0 Å². The average Bonchev–Trinajstić information content (AvgIpc) is 3.24. The van der Waals surface area contributed by atoms with Gasteiger partial charge in [0.1, 0.15) is 0 Å². The summed E-state index contributed by atoms with van der Waals surface area (Å²) < 4.78 is 2.77. The normalized spacial score (nSPS) is 16.3. The van der Waals surface area contributed by atoms with E-state index in [0.717, 1.165) is 40.8 Å². The molecule has 1 saturated heterocycles. The quantitative estimate of drug-likeness (QED) is 0.634. The zero-order valence-electron chi connectivity index (χ0n) is 16.7. The van der Waals surface area contributed by atoms with Crippen LogP contribution in [0.2, 0.25) is 0 Å².